The van der Waals surface area contributed by atoms with Crippen molar-refractivity contribution in [1.29, 1.82) is 0 Å². The fraction of sp³-hybridized carbons (Fsp3) is 0. The van der Waals surface area contributed by atoms with Crippen LogP contribution in [-0.2, 0) is 0 Å². The van der Waals surface area contributed by atoms with Gasteiger partial charge in [-0.15, -0.1) is 0 Å². The van der Waals surface area contributed by atoms with E-state index in [9.17, 15) is 0 Å². The summed E-state index contributed by atoms with van der Waals surface area (Å²) in [5.74, 6) is 0. The molecular weight excluding hydrogens is 629 g/mol. The Morgan fingerprint density at radius 1 is 0.346 bits per heavy atom. The van der Waals surface area contributed by atoms with E-state index in [1.54, 1.807) is 0 Å². The molecule has 10 rings (SSSR count). The van der Waals surface area contributed by atoms with Gasteiger partial charge >= 0.3 is 0 Å². The third-order valence-electron chi connectivity index (χ3n) is 10.3. The molecule has 0 radical (unpaired) electrons. The second kappa shape index (κ2) is 12.5. The maximum atomic E-state index is 2.44. The van der Waals surface area contributed by atoms with Crippen LogP contribution >= 0.6 is 0 Å². The third-order valence-corrected chi connectivity index (χ3v) is 10.3. The van der Waals surface area contributed by atoms with E-state index in [1.165, 1.54) is 65.6 Å². The van der Waals surface area contributed by atoms with E-state index >= 15 is 0 Å². The monoisotopic (exact) mass is 662 g/mol. The minimum atomic E-state index is 1.10. The average molecular weight is 663 g/mol. The predicted octanol–water partition coefficient (Wildman–Crippen LogP) is 13.9. The van der Waals surface area contributed by atoms with Gasteiger partial charge < -0.3 is 9.47 Å². The number of nitrogens with zero attached hydrogens (tertiary/aromatic N) is 2. The zero-order valence-electron chi connectivity index (χ0n) is 28.5. The van der Waals surface area contributed by atoms with E-state index < -0.39 is 0 Å². The predicted molar refractivity (Wildman–Crippen MR) is 221 cm³/mol. The van der Waals surface area contributed by atoms with Crippen LogP contribution in [0.5, 0.6) is 0 Å². The number of rotatable bonds is 6. The number of fused-ring (bicyclic) bond motifs is 6. The summed E-state index contributed by atoms with van der Waals surface area (Å²) in [4.78, 5) is 2.44. The van der Waals surface area contributed by atoms with Gasteiger partial charge in [0.15, 0.2) is 0 Å². The Hall–Kier alpha value is -6.90. The van der Waals surface area contributed by atoms with E-state index in [2.05, 4.69) is 216 Å². The van der Waals surface area contributed by atoms with Crippen molar-refractivity contribution in [2.75, 3.05) is 4.90 Å². The van der Waals surface area contributed by atoms with Crippen LogP contribution in [-0.4, -0.2) is 4.57 Å². The minimum absolute atomic E-state index is 1.10. The zero-order valence-corrected chi connectivity index (χ0v) is 28.5. The molecule has 1 aromatic heterocycles. The first-order chi connectivity index (χ1) is 25.8. The minimum Gasteiger partial charge on any atom is -0.309 e. The van der Waals surface area contributed by atoms with Crippen LogP contribution in [0.15, 0.2) is 206 Å². The highest BCUT2D eigenvalue weighted by molar-refractivity contribution is 6.25. The summed E-state index contributed by atoms with van der Waals surface area (Å²) in [5, 5.41) is 7.46. The Balaban J connectivity index is 1.26. The lowest BCUT2D eigenvalue weighted by Crippen LogP contribution is -2.11. The molecule has 2 heteroatoms. The highest BCUT2D eigenvalue weighted by Gasteiger charge is 2.22. The van der Waals surface area contributed by atoms with Crippen LogP contribution < -0.4 is 4.90 Å². The van der Waals surface area contributed by atoms with Gasteiger partial charge in [-0.25, -0.2) is 0 Å². The summed E-state index contributed by atoms with van der Waals surface area (Å²) in [6.45, 7) is 0. The molecule has 0 saturated carbocycles. The molecule has 1 heterocycles. The average Bonchev–Trinajstić information content (AvgIpc) is 3.57. The first kappa shape index (κ1) is 30.0. The SMILES string of the molecule is c1ccc(-c2ccccc2N(c2cccc(-c3cccc4c3c3c5ccccc5ccc3n4-c3ccccc3)c2)c2cccc3ccccc23)cc1. The molecule has 0 N–H and O–H groups in total. The maximum absolute atomic E-state index is 2.44. The topological polar surface area (TPSA) is 8.17 Å². The van der Waals surface area contributed by atoms with Gasteiger partial charge in [0.1, 0.15) is 0 Å². The highest BCUT2D eigenvalue weighted by Crippen LogP contribution is 2.46. The summed E-state index contributed by atoms with van der Waals surface area (Å²) in [6, 6.07) is 74.7. The van der Waals surface area contributed by atoms with Gasteiger partial charge in [0.05, 0.1) is 22.4 Å². The summed E-state index contributed by atoms with van der Waals surface area (Å²) in [6.07, 6.45) is 0. The van der Waals surface area contributed by atoms with Crippen LogP contribution in [0, 0.1) is 0 Å². The van der Waals surface area contributed by atoms with E-state index in [0.717, 1.165) is 22.7 Å². The van der Waals surface area contributed by atoms with Crippen LogP contribution in [0.2, 0.25) is 0 Å². The molecule has 0 atom stereocenters. The van der Waals surface area contributed by atoms with Crippen molar-refractivity contribution >= 4 is 60.4 Å². The Morgan fingerprint density at radius 2 is 0.923 bits per heavy atom. The van der Waals surface area contributed by atoms with Crippen LogP contribution in [0.1, 0.15) is 0 Å². The van der Waals surface area contributed by atoms with E-state index in [4.69, 9.17) is 0 Å². The Labute approximate surface area is 303 Å². The number of hydrogen-bond donors (Lipinski definition) is 0. The quantitative estimate of drug-likeness (QED) is 0.172. The molecule has 52 heavy (non-hydrogen) atoms. The number of hydrogen-bond acceptors (Lipinski definition) is 1. The lowest BCUT2D eigenvalue weighted by atomic mass is 9.96. The lowest BCUT2D eigenvalue weighted by molar-refractivity contribution is 1.18. The normalized spacial score (nSPS) is 11.5. The molecule has 2 nitrogen and oxygen atoms in total. The first-order valence-electron chi connectivity index (χ1n) is 17.9. The van der Waals surface area contributed by atoms with Gasteiger partial charge in [-0.05, 0) is 81.4 Å². The first-order valence-corrected chi connectivity index (χ1v) is 17.9. The van der Waals surface area contributed by atoms with Gasteiger partial charge in [-0.3, -0.25) is 0 Å². The lowest BCUT2D eigenvalue weighted by Gasteiger charge is -2.29. The summed E-state index contributed by atoms with van der Waals surface area (Å²) in [7, 11) is 0. The fourth-order valence-corrected chi connectivity index (χ4v) is 8.08. The van der Waals surface area contributed by atoms with Crippen molar-refractivity contribution in [1.82, 2.24) is 4.57 Å². The Morgan fingerprint density at radius 3 is 1.77 bits per heavy atom. The van der Waals surface area contributed by atoms with Crippen molar-refractivity contribution in [3.8, 4) is 27.9 Å². The molecule has 0 unspecified atom stereocenters. The van der Waals surface area contributed by atoms with Crippen LogP contribution in [0.25, 0.3) is 71.3 Å². The van der Waals surface area contributed by atoms with Crippen LogP contribution in [0.4, 0.5) is 17.1 Å². The van der Waals surface area contributed by atoms with Gasteiger partial charge in [0.2, 0.25) is 0 Å². The number of aromatic nitrogens is 1. The van der Waals surface area contributed by atoms with E-state index in [-0.39, 0.29) is 0 Å². The Kier molecular flexibility index (Phi) is 7.18. The molecule has 9 aromatic carbocycles. The third kappa shape index (κ3) is 4.88. The van der Waals surface area contributed by atoms with Crippen molar-refractivity contribution in [2.45, 2.75) is 0 Å². The molecule has 0 amide bonds. The highest BCUT2D eigenvalue weighted by atomic mass is 15.1. The molecule has 10 aromatic rings. The molecular formula is C50H34N2. The second-order valence-electron chi connectivity index (χ2n) is 13.3. The smallest absolute Gasteiger partial charge is 0.0547 e. The number of benzene rings is 9. The zero-order chi connectivity index (χ0) is 34.4. The molecule has 0 aliphatic carbocycles. The molecule has 0 spiro atoms. The van der Waals surface area contributed by atoms with Crippen molar-refractivity contribution in [2.24, 2.45) is 0 Å². The van der Waals surface area contributed by atoms with Gasteiger partial charge in [0.25, 0.3) is 0 Å². The summed E-state index contributed by atoms with van der Waals surface area (Å²) >= 11 is 0. The number of para-hydroxylation sites is 2. The van der Waals surface area contributed by atoms with Crippen molar-refractivity contribution in [3.63, 3.8) is 0 Å². The standard InChI is InChI=1S/C50H34N2/c1-3-16-35(17-4-1)41-26-11-12-29-45(41)52(46-30-14-20-36-18-7-9-25-42(36)46)40-24-13-21-38(34-40)44-28-15-31-47-50(44)49-43-27-10-8-19-37(43)32-33-48(49)51(47)39-22-5-2-6-23-39/h1-34H. The molecule has 0 aliphatic rings. The Bertz CT molecular complexity index is 2900. The van der Waals surface area contributed by atoms with Crippen molar-refractivity contribution < 1.29 is 0 Å². The summed E-state index contributed by atoms with van der Waals surface area (Å²) < 4.78 is 2.42. The molecule has 244 valence electrons. The second-order valence-corrected chi connectivity index (χ2v) is 13.3. The largest absolute Gasteiger partial charge is 0.309 e. The number of anilines is 3. The molecule has 0 fully saturated rings. The van der Waals surface area contributed by atoms with Crippen LogP contribution in [0.3, 0.4) is 0 Å². The van der Waals surface area contributed by atoms with Crippen molar-refractivity contribution in [3.05, 3.63) is 206 Å². The molecule has 0 bridgehead atoms. The van der Waals surface area contributed by atoms with Gasteiger partial charge in [0, 0.05) is 33.1 Å². The van der Waals surface area contributed by atoms with Gasteiger partial charge in [-0.1, -0.05) is 158 Å². The fourth-order valence-electron chi connectivity index (χ4n) is 8.08. The summed E-state index contributed by atoms with van der Waals surface area (Å²) in [5.41, 5.74) is 11.7. The molecule has 0 aliphatic heterocycles. The van der Waals surface area contributed by atoms with Gasteiger partial charge in [-0.2, -0.15) is 0 Å². The maximum Gasteiger partial charge on any atom is 0.0547 e. The van der Waals surface area contributed by atoms with E-state index in [0.29, 0.717) is 0 Å². The molecule has 0 saturated heterocycles. The van der Waals surface area contributed by atoms with E-state index in [1.807, 2.05) is 0 Å².